The molecule has 1 heterocycles. The number of nitrogens with one attached hydrogen (secondary N) is 1. The fourth-order valence-electron chi connectivity index (χ4n) is 1.93. The van der Waals surface area contributed by atoms with Crippen LogP contribution in [0.25, 0.3) is 0 Å². The first-order valence-electron chi connectivity index (χ1n) is 7.55. The standard InChI is InChI=1S/C17H24N2OS/c1-4-5-17-19-15(12-21-17)11-20-16-8-6-14(7-9-16)10-18-13(2)3/h6-9,12-13,18H,4-5,10-11H2,1-3H3. The van der Waals surface area contributed by atoms with Crippen LogP contribution in [0.1, 0.15) is 43.5 Å². The van der Waals surface area contributed by atoms with E-state index in [4.69, 9.17) is 4.74 Å². The van der Waals surface area contributed by atoms with E-state index in [0.717, 1.165) is 30.8 Å². The molecule has 2 aromatic rings. The zero-order valence-corrected chi connectivity index (χ0v) is 13.9. The average molecular weight is 304 g/mol. The Balaban J connectivity index is 1.82. The van der Waals surface area contributed by atoms with Gasteiger partial charge in [0.1, 0.15) is 12.4 Å². The molecule has 114 valence electrons. The van der Waals surface area contributed by atoms with E-state index in [1.165, 1.54) is 10.6 Å². The first-order valence-corrected chi connectivity index (χ1v) is 8.43. The van der Waals surface area contributed by atoms with Crippen molar-refractivity contribution in [1.82, 2.24) is 10.3 Å². The van der Waals surface area contributed by atoms with Gasteiger partial charge in [-0.25, -0.2) is 4.98 Å². The zero-order chi connectivity index (χ0) is 15.1. The molecule has 1 aromatic carbocycles. The second-order valence-corrected chi connectivity index (χ2v) is 6.39. The van der Waals surface area contributed by atoms with Crippen LogP contribution in [-0.2, 0) is 19.6 Å². The van der Waals surface area contributed by atoms with Crippen LogP contribution < -0.4 is 10.1 Å². The molecule has 0 bridgehead atoms. The number of aromatic nitrogens is 1. The second-order valence-electron chi connectivity index (χ2n) is 5.45. The lowest BCUT2D eigenvalue weighted by Gasteiger charge is -2.09. The molecule has 2 rings (SSSR count). The Kier molecular flexibility index (Phi) is 6.21. The van der Waals surface area contributed by atoms with E-state index in [1.54, 1.807) is 11.3 Å². The number of hydrogen-bond acceptors (Lipinski definition) is 4. The quantitative estimate of drug-likeness (QED) is 0.794. The summed E-state index contributed by atoms with van der Waals surface area (Å²) in [5.41, 5.74) is 2.30. The fourth-order valence-corrected chi connectivity index (χ4v) is 2.81. The maximum Gasteiger partial charge on any atom is 0.131 e. The smallest absolute Gasteiger partial charge is 0.131 e. The first kappa shape index (κ1) is 16.0. The van der Waals surface area contributed by atoms with Crippen LogP contribution in [0.3, 0.4) is 0 Å². The van der Waals surface area contributed by atoms with Gasteiger partial charge >= 0.3 is 0 Å². The lowest BCUT2D eigenvalue weighted by molar-refractivity contribution is 0.302. The van der Waals surface area contributed by atoms with Gasteiger partial charge in [0.05, 0.1) is 10.7 Å². The fraction of sp³-hybridized carbons (Fsp3) is 0.471. The molecule has 3 nitrogen and oxygen atoms in total. The van der Waals surface area contributed by atoms with Crippen molar-refractivity contribution < 1.29 is 4.74 Å². The highest BCUT2D eigenvalue weighted by Gasteiger charge is 2.03. The van der Waals surface area contributed by atoms with Gasteiger partial charge in [0, 0.05) is 18.0 Å². The van der Waals surface area contributed by atoms with Crippen LogP contribution in [0.2, 0.25) is 0 Å². The highest BCUT2D eigenvalue weighted by atomic mass is 32.1. The van der Waals surface area contributed by atoms with Crippen LogP contribution in [-0.4, -0.2) is 11.0 Å². The van der Waals surface area contributed by atoms with Crippen molar-refractivity contribution in [2.45, 2.75) is 52.8 Å². The largest absolute Gasteiger partial charge is 0.487 e. The molecule has 4 heteroatoms. The molecular formula is C17H24N2OS. The lowest BCUT2D eigenvalue weighted by Crippen LogP contribution is -2.21. The summed E-state index contributed by atoms with van der Waals surface area (Å²) >= 11 is 1.72. The summed E-state index contributed by atoms with van der Waals surface area (Å²) in [4.78, 5) is 4.56. The topological polar surface area (TPSA) is 34.1 Å². The van der Waals surface area contributed by atoms with E-state index in [1.807, 2.05) is 12.1 Å². The molecule has 0 unspecified atom stereocenters. The van der Waals surface area contributed by atoms with Crippen LogP contribution in [0, 0.1) is 0 Å². The minimum absolute atomic E-state index is 0.503. The molecule has 0 aliphatic rings. The number of rotatable bonds is 8. The van der Waals surface area contributed by atoms with Crippen LogP contribution in [0.5, 0.6) is 5.75 Å². The third-order valence-electron chi connectivity index (χ3n) is 3.09. The van der Waals surface area contributed by atoms with Gasteiger partial charge in [-0.05, 0) is 30.5 Å². The van der Waals surface area contributed by atoms with Gasteiger partial charge in [0.25, 0.3) is 0 Å². The predicted octanol–water partition coefficient (Wildman–Crippen LogP) is 4.17. The van der Waals surface area contributed by atoms with Gasteiger partial charge in [-0.15, -0.1) is 11.3 Å². The SMILES string of the molecule is CCCc1nc(COc2ccc(CNC(C)C)cc2)cs1. The molecule has 0 atom stereocenters. The number of nitrogens with zero attached hydrogens (tertiary/aromatic N) is 1. The van der Waals surface area contributed by atoms with Crippen molar-refractivity contribution in [2.75, 3.05) is 0 Å². The van der Waals surface area contributed by atoms with Gasteiger partial charge in [-0.2, -0.15) is 0 Å². The third-order valence-corrected chi connectivity index (χ3v) is 4.05. The molecule has 0 fully saturated rings. The van der Waals surface area contributed by atoms with Crippen molar-refractivity contribution >= 4 is 11.3 Å². The number of thiazole rings is 1. The minimum atomic E-state index is 0.503. The Hall–Kier alpha value is -1.39. The Morgan fingerprint density at radius 1 is 1.24 bits per heavy atom. The predicted molar refractivity (Wildman–Crippen MR) is 88.9 cm³/mol. The van der Waals surface area contributed by atoms with E-state index < -0.39 is 0 Å². The van der Waals surface area contributed by atoms with Crippen molar-refractivity contribution in [2.24, 2.45) is 0 Å². The van der Waals surface area contributed by atoms with Crippen molar-refractivity contribution in [1.29, 1.82) is 0 Å². The van der Waals surface area contributed by atoms with E-state index in [2.05, 4.69) is 48.6 Å². The maximum absolute atomic E-state index is 5.79. The first-order chi connectivity index (χ1) is 10.2. The molecule has 1 N–H and O–H groups in total. The monoisotopic (exact) mass is 304 g/mol. The highest BCUT2D eigenvalue weighted by Crippen LogP contribution is 2.16. The summed E-state index contributed by atoms with van der Waals surface area (Å²) in [7, 11) is 0. The summed E-state index contributed by atoms with van der Waals surface area (Å²) in [6, 6.07) is 8.76. The van der Waals surface area contributed by atoms with Crippen molar-refractivity contribution in [3.05, 3.63) is 45.9 Å². The van der Waals surface area contributed by atoms with Crippen LogP contribution >= 0.6 is 11.3 Å². The average Bonchev–Trinajstić information content (AvgIpc) is 2.92. The molecule has 0 aliphatic heterocycles. The molecule has 21 heavy (non-hydrogen) atoms. The van der Waals surface area contributed by atoms with E-state index in [9.17, 15) is 0 Å². The molecule has 0 radical (unpaired) electrons. The molecule has 1 aromatic heterocycles. The number of hydrogen-bond donors (Lipinski definition) is 1. The molecule has 0 saturated heterocycles. The zero-order valence-electron chi connectivity index (χ0n) is 13.1. The summed E-state index contributed by atoms with van der Waals surface area (Å²) in [5.74, 6) is 0.897. The number of benzene rings is 1. The van der Waals surface area contributed by atoms with E-state index >= 15 is 0 Å². The van der Waals surface area contributed by atoms with Crippen molar-refractivity contribution in [3.8, 4) is 5.75 Å². The summed E-state index contributed by atoms with van der Waals surface area (Å²) < 4.78 is 5.79. The Morgan fingerprint density at radius 2 is 2.00 bits per heavy atom. The Morgan fingerprint density at radius 3 is 2.67 bits per heavy atom. The molecule has 0 spiro atoms. The number of ether oxygens (including phenoxy) is 1. The summed E-state index contributed by atoms with van der Waals surface area (Å²) in [6.45, 7) is 7.91. The van der Waals surface area contributed by atoms with Gasteiger partial charge in [0.2, 0.25) is 0 Å². The molecule has 0 aliphatic carbocycles. The third kappa shape index (κ3) is 5.48. The Labute approximate surface area is 131 Å². The normalized spacial score (nSPS) is 11.0. The second kappa shape index (κ2) is 8.15. The maximum atomic E-state index is 5.79. The van der Waals surface area contributed by atoms with Gasteiger partial charge < -0.3 is 10.1 Å². The van der Waals surface area contributed by atoms with Crippen LogP contribution in [0.15, 0.2) is 29.6 Å². The van der Waals surface area contributed by atoms with Crippen molar-refractivity contribution in [3.63, 3.8) is 0 Å². The summed E-state index contributed by atoms with van der Waals surface area (Å²) in [6.07, 6.45) is 2.20. The summed E-state index contributed by atoms with van der Waals surface area (Å²) in [5, 5.41) is 6.69. The molecular weight excluding hydrogens is 280 g/mol. The van der Waals surface area contributed by atoms with E-state index in [-0.39, 0.29) is 0 Å². The minimum Gasteiger partial charge on any atom is -0.487 e. The van der Waals surface area contributed by atoms with E-state index in [0.29, 0.717) is 12.6 Å². The number of aryl methyl sites for hydroxylation is 1. The van der Waals surface area contributed by atoms with Gasteiger partial charge in [0.15, 0.2) is 0 Å². The Bertz CT molecular complexity index is 534. The molecule has 0 amide bonds. The van der Waals surface area contributed by atoms with Gasteiger partial charge in [-0.3, -0.25) is 0 Å². The van der Waals surface area contributed by atoms with Gasteiger partial charge in [-0.1, -0.05) is 32.9 Å². The van der Waals surface area contributed by atoms with Crippen LogP contribution in [0.4, 0.5) is 0 Å². The lowest BCUT2D eigenvalue weighted by atomic mass is 10.2. The highest BCUT2D eigenvalue weighted by molar-refractivity contribution is 7.09. The molecule has 0 saturated carbocycles.